The van der Waals surface area contributed by atoms with Gasteiger partial charge in [0.05, 0.1) is 46.1 Å². The maximum absolute atomic E-state index is 11.5. The molecule has 1 amide bonds. The largest absolute Gasteiger partial charge is 0.378 e. The fourth-order valence-electron chi connectivity index (χ4n) is 2.98. The van der Waals surface area contributed by atoms with Gasteiger partial charge in [-0.05, 0) is 34.9 Å². The Bertz CT molecular complexity index is 800. The van der Waals surface area contributed by atoms with Crippen LogP contribution in [0, 0.1) is 0 Å². The number of nitrogens with zero attached hydrogens (tertiary/aromatic N) is 1. The number of pyridine rings is 1. The van der Waals surface area contributed by atoms with Crippen LogP contribution in [0.3, 0.4) is 0 Å². The average Bonchev–Trinajstić information content (AvgIpc) is 3.11. The number of aromatic nitrogens is 1. The molecule has 3 rings (SSSR count). The molecule has 0 saturated heterocycles. The minimum Gasteiger partial charge on any atom is -0.378 e. The first-order chi connectivity index (χ1) is 14.3. The number of fused-ring (bicyclic) bond motifs is 1. The van der Waals surface area contributed by atoms with E-state index in [1.807, 2.05) is 30.3 Å². The molecule has 2 heterocycles. The lowest BCUT2D eigenvalue weighted by Gasteiger charge is -2.10. The second kappa shape index (κ2) is 11.5. The van der Waals surface area contributed by atoms with Gasteiger partial charge in [0.1, 0.15) is 5.82 Å². The van der Waals surface area contributed by atoms with Crippen LogP contribution in [0.4, 0.5) is 11.5 Å². The number of nitrogens with one attached hydrogen (secondary N) is 2. The molecule has 1 aromatic heterocycles. The van der Waals surface area contributed by atoms with Crippen molar-refractivity contribution in [2.45, 2.75) is 6.42 Å². The number of ether oxygens (including phenoxy) is 3. The highest BCUT2D eigenvalue weighted by Crippen LogP contribution is 2.29. The summed E-state index contributed by atoms with van der Waals surface area (Å²) in [6, 6.07) is 9.97. The van der Waals surface area contributed by atoms with Crippen LogP contribution in [0.5, 0.6) is 0 Å². The standard InChI is InChI=1S/C21H28N4O4/c22-4-7-27-9-11-29-12-10-28-8-6-24-20-14-17(3-5-23-20)16-1-2-18-15-21(26)25-19(18)13-16/h1-3,5,13-14H,4,6-12,15,22H2,(H,23,24)(H,25,26). The highest BCUT2D eigenvalue weighted by molar-refractivity contribution is 6.00. The van der Waals surface area contributed by atoms with Gasteiger partial charge >= 0.3 is 0 Å². The Hall–Kier alpha value is -2.52. The van der Waals surface area contributed by atoms with Crippen LogP contribution in [0.1, 0.15) is 5.56 Å². The third-order valence-corrected chi connectivity index (χ3v) is 4.39. The Labute approximate surface area is 170 Å². The van der Waals surface area contributed by atoms with Crippen LogP contribution in [0.15, 0.2) is 36.5 Å². The Morgan fingerprint density at radius 2 is 1.69 bits per heavy atom. The van der Waals surface area contributed by atoms with Crippen molar-refractivity contribution in [2.75, 3.05) is 63.4 Å². The van der Waals surface area contributed by atoms with Gasteiger partial charge in [-0.1, -0.05) is 12.1 Å². The summed E-state index contributed by atoms with van der Waals surface area (Å²) in [5, 5.41) is 6.15. The molecule has 0 atom stereocenters. The summed E-state index contributed by atoms with van der Waals surface area (Å²) >= 11 is 0. The van der Waals surface area contributed by atoms with E-state index in [0.29, 0.717) is 59.2 Å². The number of hydrogen-bond acceptors (Lipinski definition) is 7. The normalized spacial score (nSPS) is 12.7. The van der Waals surface area contributed by atoms with Gasteiger partial charge in [0.15, 0.2) is 0 Å². The van der Waals surface area contributed by atoms with Crippen LogP contribution in [0.25, 0.3) is 11.1 Å². The first kappa shape index (κ1) is 21.2. The smallest absolute Gasteiger partial charge is 0.228 e. The summed E-state index contributed by atoms with van der Waals surface area (Å²) in [7, 11) is 0. The molecule has 0 fully saturated rings. The van der Waals surface area contributed by atoms with Gasteiger partial charge in [-0.25, -0.2) is 4.98 Å². The number of carbonyl (C=O) groups excluding carboxylic acids is 1. The van der Waals surface area contributed by atoms with Gasteiger partial charge in [-0.3, -0.25) is 4.79 Å². The summed E-state index contributed by atoms with van der Waals surface area (Å²) in [6.45, 7) is 4.47. The number of hydrogen-bond donors (Lipinski definition) is 3. The summed E-state index contributed by atoms with van der Waals surface area (Å²) in [4.78, 5) is 15.9. The molecule has 8 heteroatoms. The van der Waals surface area contributed by atoms with Crippen molar-refractivity contribution in [3.8, 4) is 11.1 Å². The van der Waals surface area contributed by atoms with Gasteiger partial charge in [0, 0.05) is 25.0 Å². The minimum absolute atomic E-state index is 0.0413. The van der Waals surface area contributed by atoms with E-state index < -0.39 is 0 Å². The van der Waals surface area contributed by atoms with Crippen LogP contribution in [0.2, 0.25) is 0 Å². The van der Waals surface area contributed by atoms with Crippen molar-refractivity contribution in [2.24, 2.45) is 5.73 Å². The Balaban J connectivity index is 1.36. The van der Waals surface area contributed by atoms with E-state index in [2.05, 4.69) is 15.6 Å². The van der Waals surface area contributed by atoms with Gasteiger partial charge < -0.3 is 30.6 Å². The lowest BCUT2D eigenvalue weighted by Crippen LogP contribution is -2.15. The van der Waals surface area contributed by atoms with E-state index in [4.69, 9.17) is 19.9 Å². The SMILES string of the molecule is NCCOCCOCCOCCNc1cc(-c2ccc3c(c2)NC(=O)C3)ccn1. The molecule has 2 aromatic rings. The van der Waals surface area contributed by atoms with Gasteiger partial charge in [-0.2, -0.15) is 0 Å². The Morgan fingerprint density at radius 1 is 0.966 bits per heavy atom. The fourth-order valence-corrected chi connectivity index (χ4v) is 2.98. The van der Waals surface area contributed by atoms with Crippen LogP contribution >= 0.6 is 0 Å². The van der Waals surface area contributed by atoms with Crippen molar-refractivity contribution in [3.05, 3.63) is 42.1 Å². The number of carbonyl (C=O) groups is 1. The maximum Gasteiger partial charge on any atom is 0.228 e. The first-order valence-electron chi connectivity index (χ1n) is 9.82. The number of rotatable bonds is 13. The van der Waals surface area contributed by atoms with Crippen molar-refractivity contribution in [3.63, 3.8) is 0 Å². The van der Waals surface area contributed by atoms with E-state index in [1.54, 1.807) is 6.20 Å². The lowest BCUT2D eigenvalue weighted by molar-refractivity contribution is -0.115. The monoisotopic (exact) mass is 400 g/mol. The predicted octanol–water partition coefficient (Wildman–Crippen LogP) is 1.66. The van der Waals surface area contributed by atoms with Crippen molar-refractivity contribution in [1.82, 2.24) is 4.98 Å². The van der Waals surface area contributed by atoms with Gasteiger partial charge in [-0.15, -0.1) is 0 Å². The predicted molar refractivity (Wildman–Crippen MR) is 112 cm³/mol. The minimum atomic E-state index is 0.0413. The zero-order valence-corrected chi connectivity index (χ0v) is 16.5. The summed E-state index contributed by atoms with van der Waals surface area (Å²) in [6.07, 6.45) is 2.22. The molecule has 0 spiro atoms. The third kappa shape index (κ3) is 6.79. The molecule has 1 aliphatic heterocycles. The molecular weight excluding hydrogens is 372 g/mol. The van der Waals surface area contributed by atoms with Crippen LogP contribution in [-0.4, -0.2) is 63.6 Å². The molecule has 29 heavy (non-hydrogen) atoms. The zero-order valence-electron chi connectivity index (χ0n) is 16.5. The van der Waals surface area contributed by atoms with Crippen molar-refractivity contribution < 1.29 is 19.0 Å². The van der Waals surface area contributed by atoms with E-state index in [9.17, 15) is 4.79 Å². The van der Waals surface area contributed by atoms with E-state index in [0.717, 1.165) is 28.2 Å². The molecule has 8 nitrogen and oxygen atoms in total. The van der Waals surface area contributed by atoms with Gasteiger partial charge in [0.2, 0.25) is 5.91 Å². The molecule has 0 unspecified atom stereocenters. The van der Waals surface area contributed by atoms with Crippen molar-refractivity contribution >= 4 is 17.4 Å². The molecule has 0 bridgehead atoms. The van der Waals surface area contributed by atoms with E-state index >= 15 is 0 Å². The zero-order chi connectivity index (χ0) is 20.3. The van der Waals surface area contributed by atoms with Gasteiger partial charge in [0.25, 0.3) is 0 Å². The lowest BCUT2D eigenvalue weighted by atomic mass is 10.0. The second-order valence-electron chi connectivity index (χ2n) is 6.58. The Kier molecular flexibility index (Phi) is 8.39. The molecule has 0 aliphatic carbocycles. The summed E-state index contributed by atoms with van der Waals surface area (Å²) in [5.74, 6) is 0.823. The average molecular weight is 400 g/mol. The van der Waals surface area contributed by atoms with Crippen molar-refractivity contribution in [1.29, 1.82) is 0 Å². The third-order valence-electron chi connectivity index (χ3n) is 4.39. The highest BCUT2D eigenvalue weighted by Gasteiger charge is 2.17. The van der Waals surface area contributed by atoms with E-state index in [1.165, 1.54) is 0 Å². The number of nitrogens with two attached hydrogens (primary N) is 1. The highest BCUT2D eigenvalue weighted by atomic mass is 16.5. The summed E-state index contributed by atoms with van der Waals surface area (Å²) in [5.41, 5.74) is 9.34. The second-order valence-corrected chi connectivity index (χ2v) is 6.58. The molecular formula is C21H28N4O4. The molecule has 0 radical (unpaired) electrons. The number of benzene rings is 1. The molecule has 1 aliphatic rings. The number of amides is 1. The fraction of sp³-hybridized carbons (Fsp3) is 0.429. The summed E-state index contributed by atoms with van der Waals surface area (Å²) < 4.78 is 16.2. The van der Waals surface area contributed by atoms with Crippen LogP contribution in [-0.2, 0) is 25.4 Å². The quantitative estimate of drug-likeness (QED) is 0.439. The molecule has 156 valence electrons. The topological polar surface area (TPSA) is 108 Å². The Morgan fingerprint density at radius 3 is 2.48 bits per heavy atom. The molecule has 4 N–H and O–H groups in total. The maximum atomic E-state index is 11.5. The van der Waals surface area contributed by atoms with E-state index in [-0.39, 0.29) is 5.91 Å². The molecule has 0 saturated carbocycles. The molecule has 1 aromatic carbocycles. The number of anilines is 2. The first-order valence-corrected chi connectivity index (χ1v) is 9.82. The van der Waals surface area contributed by atoms with Crippen LogP contribution < -0.4 is 16.4 Å².